The highest BCUT2D eigenvalue weighted by Gasteiger charge is 2.23. The van der Waals surface area contributed by atoms with E-state index in [1.165, 1.54) is 24.8 Å². The summed E-state index contributed by atoms with van der Waals surface area (Å²) in [6.45, 7) is 7.88. The number of hydrogen-bond donors (Lipinski definition) is 1. The lowest BCUT2D eigenvalue weighted by Gasteiger charge is -2.24. The summed E-state index contributed by atoms with van der Waals surface area (Å²) in [6.07, 6.45) is 5.24. The van der Waals surface area contributed by atoms with Gasteiger partial charge in [0, 0.05) is 17.0 Å². The molecule has 0 amide bonds. The van der Waals surface area contributed by atoms with Gasteiger partial charge in [0.1, 0.15) is 17.2 Å². The van der Waals surface area contributed by atoms with Crippen LogP contribution in [0.3, 0.4) is 0 Å². The minimum atomic E-state index is -0.961. The van der Waals surface area contributed by atoms with Gasteiger partial charge in [-0.3, -0.25) is 0 Å². The molecule has 0 aliphatic heterocycles. The fourth-order valence-corrected chi connectivity index (χ4v) is 4.69. The number of hydrogen-bond acceptors (Lipinski definition) is 6. The first-order valence-electron chi connectivity index (χ1n) is 13.1. The van der Waals surface area contributed by atoms with Crippen molar-refractivity contribution in [1.82, 2.24) is 4.98 Å². The molecule has 37 heavy (non-hydrogen) atoms. The largest absolute Gasteiger partial charge is 0.479 e. The van der Waals surface area contributed by atoms with E-state index in [-0.39, 0.29) is 6.61 Å². The second-order valence-corrected chi connectivity index (χ2v) is 9.81. The Kier molecular flexibility index (Phi) is 8.64. The number of oxazole rings is 1. The fraction of sp³-hybridized carbons (Fsp3) is 0.433. The Hall–Kier alpha value is -3.61. The van der Waals surface area contributed by atoms with E-state index in [0.717, 1.165) is 40.9 Å². The number of aryl methyl sites for hydroxylation is 3. The SMILES string of the molecule is CCC(Oc1ccc(C(=NOCc2nc(-c3ccc(C)cc3)oc2C)C2CCCCC2)cc1C)C(=O)O. The second-order valence-electron chi connectivity index (χ2n) is 9.81. The predicted molar refractivity (Wildman–Crippen MR) is 143 cm³/mol. The van der Waals surface area contributed by atoms with E-state index >= 15 is 0 Å². The molecule has 0 saturated heterocycles. The van der Waals surface area contributed by atoms with Crippen LogP contribution >= 0.6 is 0 Å². The van der Waals surface area contributed by atoms with Crippen molar-refractivity contribution in [2.75, 3.05) is 0 Å². The highest BCUT2D eigenvalue weighted by molar-refractivity contribution is 6.02. The summed E-state index contributed by atoms with van der Waals surface area (Å²) in [5.74, 6) is 1.21. The van der Waals surface area contributed by atoms with Crippen LogP contribution in [0.5, 0.6) is 5.75 Å². The molecule has 3 aromatic rings. The molecule has 1 saturated carbocycles. The number of carbonyl (C=O) groups is 1. The number of rotatable bonds is 10. The summed E-state index contributed by atoms with van der Waals surface area (Å²) >= 11 is 0. The van der Waals surface area contributed by atoms with E-state index in [1.54, 1.807) is 6.92 Å². The summed E-state index contributed by atoms with van der Waals surface area (Å²) < 4.78 is 11.6. The standard InChI is InChI=1S/C30H36N2O5/c1-5-26(30(33)34)37-27-16-15-24(17-20(27)3)28(22-9-7-6-8-10-22)32-35-18-25-21(4)36-29(31-25)23-13-11-19(2)12-14-23/h11-17,22,26H,5-10,18H2,1-4H3,(H,33,34). The van der Waals surface area contributed by atoms with Crippen molar-refractivity contribution in [2.24, 2.45) is 11.1 Å². The van der Waals surface area contributed by atoms with Crippen LogP contribution < -0.4 is 4.74 Å². The molecule has 0 bridgehead atoms. The van der Waals surface area contributed by atoms with Gasteiger partial charge in [-0.05, 0) is 75.9 Å². The molecule has 0 radical (unpaired) electrons. The van der Waals surface area contributed by atoms with E-state index in [4.69, 9.17) is 14.0 Å². The molecule has 1 N–H and O–H groups in total. The molecule has 4 rings (SSSR count). The zero-order valence-electron chi connectivity index (χ0n) is 22.1. The Morgan fingerprint density at radius 3 is 2.49 bits per heavy atom. The summed E-state index contributed by atoms with van der Waals surface area (Å²) in [4.78, 5) is 21.9. The smallest absolute Gasteiger partial charge is 0.344 e. The Morgan fingerprint density at radius 1 is 1.11 bits per heavy atom. The van der Waals surface area contributed by atoms with Crippen molar-refractivity contribution in [3.8, 4) is 17.2 Å². The normalized spacial score (nSPS) is 15.4. The number of nitrogens with zero attached hydrogens (tertiary/aromatic N) is 2. The third-order valence-corrected chi connectivity index (χ3v) is 6.93. The van der Waals surface area contributed by atoms with Crippen molar-refractivity contribution in [2.45, 2.75) is 78.9 Å². The lowest BCUT2D eigenvalue weighted by Crippen LogP contribution is -2.26. The topological polar surface area (TPSA) is 94.2 Å². The van der Waals surface area contributed by atoms with Gasteiger partial charge in [-0.2, -0.15) is 0 Å². The molecular weight excluding hydrogens is 468 g/mol. The van der Waals surface area contributed by atoms with Crippen molar-refractivity contribution < 1.29 is 23.9 Å². The molecule has 2 aromatic carbocycles. The summed E-state index contributed by atoms with van der Waals surface area (Å²) in [5, 5.41) is 14.0. The quantitative estimate of drug-likeness (QED) is 0.236. The van der Waals surface area contributed by atoms with Crippen molar-refractivity contribution in [3.63, 3.8) is 0 Å². The molecule has 1 atom stereocenters. The number of aromatic nitrogens is 1. The number of oxime groups is 1. The van der Waals surface area contributed by atoms with Crippen LogP contribution in [0.1, 0.15) is 73.6 Å². The molecule has 196 valence electrons. The van der Waals surface area contributed by atoms with E-state index in [2.05, 4.69) is 10.1 Å². The highest BCUT2D eigenvalue weighted by atomic mass is 16.6. The Bertz CT molecular complexity index is 1240. The van der Waals surface area contributed by atoms with Gasteiger partial charge in [-0.15, -0.1) is 0 Å². The number of carboxylic acids is 1. The maximum atomic E-state index is 11.4. The molecule has 1 aliphatic carbocycles. The van der Waals surface area contributed by atoms with E-state index < -0.39 is 12.1 Å². The van der Waals surface area contributed by atoms with Gasteiger partial charge >= 0.3 is 5.97 Å². The van der Waals surface area contributed by atoms with Gasteiger partial charge in [0.25, 0.3) is 0 Å². The summed E-state index contributed by atoms with van der Waals surface area (Å²) in [7, 11) is 0. The maximum Gasteiger partial charge on any atom is 0.344 e. The van der Waals surface area contributed by atoms with Gasteiger partial charge in [0.05, 0.1) is 5.71 Å². The molecule has 7 heteroatoms. The molecule has 7 nitrogen and oxygen atoms in total. The first kappa shape index (κ1) is 26.5. The van der Waals surface area contributed by atoms with Crippen LogP contribution in [-0.2, 0) is 16.2 Å². The number of benzene rings is 2. The number of aliphatic carboxylic acids is 1. The Morgan fingerprint density at radius 2 is 1.84 bits per heavy atom. The predicted octanol–water partition coefficient (Wildman–Crippen LogP) is 7.01. The van der Waals surface area contributed by atoms with Gasteiger partial charge in [0.15, 0.2) is 12.7 Å². The van der Waals surface area contributed by atoms with Crippen LogP contribution in [0.2, 0.25) is 0 Å². The van der Waals surface area contributed by atoms with Gasteiger partial charge < -0.3 is 19.1 Å². The minimum absolute atomic E-state index is 0.217. The summed E-state index contributed by atoms with van der Waals surface area (Å²) in [6, 6.07) is 13.9. The van der Waals surface area contributed by atoms with Crippen LogP contribution in [0.25, 0.3) is 11.5 Å². The molecule has 1 fully saturated rings. The van der Waals surface area contributed by atoms with Crippen molar-refractivity contribution >= 4 is 11.7 Å². The molecular formula is C30H36N2O5. The van der Waals surface area contributed by atoms with E-state index in [9.17, 15) is 9.90 Å². The molecule has 1 unspecified atom stereocenters. The molecule has 0 spiro atoms. The lowest BCUT2D eigenvalue weighted by molar-refractivity contribution is -0.145. The van der Waals surface area contributed by atoms with Crippen LogP contribution in [0.15, 0.2) is 52.0 Å². The van der Waals surface area contributed by atoms with Crippen molar-refractivity contribution in [3.05, 3.63) is 70.6 Å². The van der Waals surface area contributed by atoms with Crippen molar-refractivity contribution in [1.29, 1.82) is 0 Å². The second kappa shape index (κ2) is 12.1. The first-order chi connectivity index (χ1) is 17.9. The Labute approximate surface area is 218 Å². The summed E-state index contributed by atoms with van der Waals surface area (Å²) in [5.41, 5.74) is 5.59. The third-order valence-electron chi connectivity index (χ3n) is 6.93. The van der Waals surface area contributed by atoms with Crippen LogP contribution in [0, 0.1) is 26.7 Å². The maximum absolute atomic E-state index is 11.4. The minimum Gasteiger partial charge on any atom is -0.479 e. The molecule has 1 aliphatic rings. The zero-order valence-corrected chi connectivity index (χ0v) is 22.1. The lowest BCUT2D eigenvalue weighted by atomic mass is 9.83. The molecule has 1 heterocycles. The highest BCUT2D eigenvalue weighted by Crippen LogP contribution is 2.30. The number of carboxylic acid groups (broad SMARTS) is 1. The third kappa shape index (κ3) is 6.59. The fourth-order valence-electron chi connectivity index (χ4n) is 4.69. The Balaban J connectivity index is 1.53. The average molecular weight is 505 g/mol. The average Bonchev–Trinajstić information content (AvgIpc) is 3.26. The van der Waals surface area contributed by atoms with Gasteiger partial charge in [-0.1, -0.05) is 49.0 Å². The zero-order chi connectivity index (χ0) is 26.4. The van der Waals surface area contributed by atoms with E-state index in [1.807, 2.05) is 63.2 Å². The number of ether oxygens (including phenoxy) is 1. The molecule has 1 aromatic heterocycles. The van der Waals surface area contributed by atoms with Crippen LogP contribution in [0.4, 0.5) is 0 Å². The van der Waals surface area contributed by atoms with Gasteiger partial charge in [0.2, 0.25) is 5.89 Å². The monoisotopic (exact) mass is 504 g/mol. The van der Waals surface area contributed by atoms with E-state index in [0.29, 0.717) is 29.7 Å². The first-order valence-corrected chi connectivity index (χ1v) is 13.1. The van der Waals surface area contributed by atoms with Gasteiger partial charge in [-0.25, -0.2) is 9.78 Å². The van der Waals surface area contributed by atoms with Crippen LogP contribution in [-0.4, -0.2) is 27.9 Å².